The zero-order valence-corrected chi connectivity index (χ0v) is 19.6. The number of para-hydroxylation sites is 1. The first kappa shape index (κ1) is 22.2. The van der Waals surface area contributed by atoms with Crippen LogP contribution in [0.15, 0.2) is 58.3 Å². The van der Waals surface area contributed by atoms with Gasteiger partial charge in [-0.05, 0) is 49.1 Å². The van der Waals surface area contributed by atoms with Crippen molar-refractivity contribution >= 4 is 27.8 Å². The van der Waals surface area contributed by atoms with Crippen LogP contribution in [0.2, 0.25) is 0 Å². The van der Waals surface area contributed by atoms with Crippen LogP contribution in [0, 0.1) is 6.92 Å². The molecule has 1 N–H and O–H groups in total. The molecule has 1 saturated carbocycles. The summed E-state index contributed by atoms with van der Waals surface area (Å²) < 4.78 is 4.98. The van der Waals surface area contributed by atoms with Gasteiger partial charge in [0, 0.05) is 24.1 Å². The SMILES string of the molecule is Cc1cccc2c1c(Cn1c(=O)n(C3(CC(=O)O)CCCCC3)c(=O)c3ccccc31)cn2C. The van der Waals surface area contributed by atoms with Crippen LogP contribution in [-0.2, 0) is 23.9 Å². The molecule has 34 heavy (non-hydrogen) atoms. The Kier molecular flexibility index (Phi) is 5.42. The van der Waals surface area contributed by atoms with E-state index in [4.69, 9.17) is 0 Å². The van der Waals surface area contributed by atoms with Crippen LogP contribution < -0.4 is 11.2 Å². The van der Waals surface area contributed by atoms with Gasteiger partial charge in [0.2, 0.25) is 0 Å². The van der Waals surface area contributed by atoms with Crippen molar-refractivity contribution in [2.75, 3.05) is 0 Å². The van der Waals surface area contributed by atoms with Crippen LogP contribution in [0.3, 0.4) is 0 Å². The van der Waals surface area contributed by atoms with E-state index in [-0.39, 0.29) is 6.42 Å². The highest BCUT2D eigenvalue weighted by Crippen LogP contribution is 2.36. The number of carbonyl (C=O) groups is 1. The number of hydrogen-bond acceptors (Lipinski definition) is 3. The summed E-state index contributed by atoms with van der Waals surface area (Å²) in [5.41, 5.74) is 1.93. The van der Waals surface area contributed by atoms with Crippen LogP contribution in [0.25, 0.3) is 21.8 Å². The Labute approximate surface area is 196 Å². The highest BCUT2D eigenvalue weighted by Gasteiger charge is 2.39. The molecule has 0 bridgehead atoms. The standard InChI is InChI=1S/C27H29N3O4/c1-18-9-8-12-22-24(18)19(16-28(22)2)17-29-21-11-5-4-10-20(21)25(33)30(26(29)34)27(15-23(31)32)13-6-3-7-14-27/h4-5,8-12,16H,3,6-7,13-15,17H2,1-2H3,(H,31,32). The minimum Gasteiger partial charge on any atom is -0.481 e. The van der Waals surface area contributed by atoms with Gasteiger partial charge in [-0.15, -0.1) is 0 Å². The molecule has 7 heteroatoms. The molecule has 1 aliphatic carbocycles. The summed E-state index contributed by atoms with van der Waals surface area (Å²) in [6.07, 6.45) is 5.41. The number of fused-ring (bicyclic) bond motifs is 2. The summed E-state index contributed by atoms with van der Waals surface area (Å²) in [6, 6.07) is 13.3. The molecular formula is C27H29N3O4. The number of benzene rings is 2. The maximum atomic E-state index is 14.0. The fourth-order valence-electron chi connectivity index (χ4n) is 5.88. The molecular weight excluding hydrogens is 430 g/mol. The smallest absolute Gasteiger partial charge is 0.332 e. The van der Waals surface area contributed by atoms with Crippen molar-refractivity contribution in [2.24, 2.45) is 7.05 Å². The monoisotopic (exact) mass is 459 g/mol. The molecule has 2 aromatic heterocycles. The molecule has 7 nitrogen and oxygen atoms in total. The predicted molar refractivity (Wildman–Crippen MR) is 133 cm³/mol. The van der Waals surface area contributed by atoms with Crippen molar-refractivity contribution in [1.82, 2.24) is 13.7 Å². The number of aliphatic carboxylic acids is 1. The van der Waals surface area contributed by atoms with Gasteiger partial charge in [0.05, 0.1) is 29.4 Å². The maximum absolute atomic E-state index is 14.0. The third kappa shape index (κ3) is 3.47. The molecule has 0 spiro atoms. The lowest BCUT2D eigenvalue weighted by molar-refractivity contribution is -0.140. The van der Waals surface area contributed by atoms with Gasteiger partial charge in [-0.2, -0.15) is 0 Å². The van der Waals surface area contributed by atoms with Crippen molar-refractivity contribution in [3.05, 3.63) is 80.6 Å². The topological polar surface area (TPSA) is 86.2 Å². The number of hydrogen-bond donors (Lipinski definition) is 1. The van der Waals surface area contributed by atoms with Crippen molar-refractivity contribution in [1.29, 1.82) is 0 Å². The molecule has 1 aliphatic rings. The molecule has 4 aromatic rings. The van der Waals surface area contributed by atoms with E-state index in [0.717, 1.165) is 41.3 Å². The minimum absolute atomic E-state index is 0.228. The van der Waals surface area contributed by atoms with Gasteiger partial charge < -0.3 is 9.67 Å². The third-order valence-electron chi connectivity index (χ3n) is 7.42. The molecule has 0 atom stereocenters. The van der Waals surface area contributed by atoms with E-state index in [2.05, 4.69) is 19.1 Å². The van der Waals surface area contributed by atoms with Crippen LogP contribution in [0.1, 0.15) is 49.7 Å². The molecule has 0 amide bonds. The minimum atomic E-state index is -1.00. The lowest BCUT2D eigenvalue weighted by Crippen LogP contribution is -2.53. The first-order valence-corrected chi connectivity index (χ1v) is 11.8. The molecule has 2 heterocycles. The van der Waals surface area contributed by atoms with E-state index in [9.17, 15) is 19.5 Å². The number of carboxylic acids is 1. The van der Waals surface area contributed by atoms with Gasteiger partial charge in [-0.3, -0.25) is 18.7 Å². The Bertz CT molecular complexity index is 1530. The van der Waals surface area contributed by atoms with Crippen LogP contribution in [0.5, 0.6) is 0 Å². The molecule has 0 radical (unpaired) electrons. The van der Waals surface area contributed by atoms with E-state index >= 15 is 0 Å². The number of rotatable bonds is 5. The van der Waals surface area contributed by atoms with Gasteiger partial charge in [-0.25, -0.2) is 4.79 Å². The molecule has 2 aromatic carbocycles. The second-order valence-corrected chi connectivity index (χ2v) is 9.62. The second-order valence-electron chi connectivity index (χ2n) is 9.62. The number of carboxylic acid groups (broad SMARTS) is 1. The highest BCUT2D eigenvalue weighted by atomic mass is 16.4. The Balaban J connectivity index is 1.80. The van der Waals surface area contributed by atoms with Crippen molar-refractivity contribution < 1.29 is 9.90 Å². The molecule has 0 aliphatic heterocycles. The second kappa shape index (κ2) is 8.31. The predicted octanol–water partition coefficient (Wildman–Crippen LogP) is 4.15. The molecule has 0 saturated heterocycles. The maximum Gasteiger partial charge on any atom is 0.332 e. The Morgan fingerprint density at radius 2 is 1.71 bits per heavy atom. The number of aryl methyl sites for hydroxylation is 2. The lowest BCUT2D eigenvalue weighted by atomic mass is 9.79. The fourth-order valence-corrected chi connectivity index (χ4v) is 5.88. The van der Waals surface area contributed by atoms with Gasteiger partial charge in [0.15, 0.2) is 0 Å². The quantitative estimate of drug-likeness (QED) is 0.486. The van der Waals surface area contributed by atoms with Crippen molar-refractivity contribution in [3.63, 3.8) is 0 Å². The zero-order valence-electron chi connectivity index (χ0n) is 19.6. The van der Waals surface area contributed by atoms with E-state index < -0.39 is 22.8 Å². The lowest BCUT2D eigenvalue weighted by Gasteiger charge is -2.37. The largest absolute Gasteiger partial charge is 0.481 e. The zero-order chi connectivity index (χ0) is 24.0. The van der Waals surface area contributed by atoms with Crippen LogP contribution in [0.4, 0.5) is 0 Å². The fraction of sp³-hybridized carbons (Fsp3) is 0.370. The molecule has 5 rings (SSSR count). The van der Waals surface area contributed by atoms with Gasteiger partial charge in [0.25, 0.3) is 5.56 Å². The van der Waals surface area contributed by atoms with Gasteiger partial charge >= 0.3 is 11.7 Å². The average molecular weight is 460 g/mol. The number of nitrogens with zero attached hydrogens (tertiary/aromatic N) is 3. The number of aromatic nitrogens is 3. The van der Waals surface area contributed by atoms with Crippen LogP contribution >= 0.6 is 0 Å². The average Bonchev–Trinajstić information content (AvgIpc) is 3.13. The summed E-state index contributed by atoms with van der Waals surface area (Å²) in [5, 5.41) is 11.2. The summed E-state index contributed by atoms with van der Waals surface area (Å²) in [6.45, 7) is 2.35. The van der Waals surface area contributed by atoms with Crippen molar-refractivity contribution in [3.8, 4) is 0 Å². The molecule has 176 valence electrons. The van der Waals surface area contributed by atoms with Crippen LogP contribution in [-0.4, -0.2) is 24.8 Å². The Morgan fingerprint density at radius 1 is 1.00 bits per heavy atom. The summed E-state index contributed by atoms with van der Waals surface area (Å²) in [7, 11) is 1.98. The first-order valence-electron chi connectivity index (χ1n) is 11.8. The molecule has 0 unspecified atom stereocenters. The van der Waals surface area contributed by atoms with E-state index in [1.54, 1.807) is 22.8 Å². The third-order valence-corrected chi connectivity index (χ3v) is 7.42. The van der Waals surface area contributed by atoms with Crippen molar-refractivity contribution in [2.45, 2.75) is 57.5 Å². The summed E-state index contributed by atoms with van der Waals surface area (Å²) >= 11 is 0. The summed E-state index contributed by atoms with van der Waals surface area (Å²) in [5.74, 6) is -0.988. The molecule has 1 fully saturated rings. The normalized spacial score (nSPS) is 15.7. The van der Waals surface area contributed by atoms with E-state index in [0.29, 0.717) is 30.3 Å². The summed E-state index contributed by atoms with van der Waals surface area (Å²) in [4.78, 5) is 39.6. The van der Waals surface area contributed by atoms with Gasteiger partial charge in [-0.1, -0.05) is 43.5 Å². The Hall–Kier alpha value is -3.61. The highest BCUT2D eigenvalue weighted by molar-refractivity contribution is 5.87. The first-order chi connectivity index (χ1) is 16.3. The van der Waals surface area contributed by atoms with E-state index in [1.165, 1.54) is 4.57 Å². The Morgan fingerprint density at radius 3 is 2.44 bits per heavy atom. The van der Waals surface area contributed by atoms with Gasteiger partial charge in [0.1, 0.15) is 0 Å². The van der Waals surface area contributed by atoms with E-state index in [1.807, 2.05) is 29.9 Å².